The van der Waals surface area contributed by atoms with E-state index in [-0.39, 0.29) is 12.2 Å². The Kier molecular flexibility index (Phi) is 2.89. The SMILES string of the molecule is O[C@H]1C=CO[C@H](C2CCCCC2)C1. The summed E-state index contributed by atoms with van der Waals surface area (Å²) in [5.41, 5.74) is 0. The highest BCUT2D eigenvalue weighted by molar-refractivity contribution is 4.92. The van der Waals surface area contributed by atoms with Crippen molar-refractivity contribution in [2.75, 3.05) is 0 Å². The van der Waals surface area contributed by atoms with E-state index in [0.717, 1.165) is 6.42 Å². The van der Waals surface area contributed by atoms with Gasteiger partial charge in [0.25, 0.3) is 0 Å². The van der Waals surface area contributed by atoms with Crippen molar-refractivity contribution in [2.45, 2.75) is 50.7 Å². The number of aliphatic hydroxyl groups is 1. The summed E-state index contributed by atoms with van der Waals surface area (Å²) in [6.07, 6.45) is 10.8. The zero-order valence-corrected chi connectivity index (χ0v) is 7.98. The van der Waals surface area contributed by atoms with Gasteiger partial charge < -0.3 is 9.84 Å². The zero-order chi connectivity index (χ0) is 9.10. The fourth-order valence-corrected chi connectivity index (χ4v) is 2.42. The van der Waals surface area contributed by atoms with E-state index in [4.69, 9.17) is 4.74 Å². The minimum Gasteiger partial charge on any atom is -0.498 e. The van der Waals surface area contributed by atoms with Crippen LogP contribution in [-0.4, -0.2) is 17.3 Å². The molecule has 13 heavy (non-hydrogen) atoms. The monoisotopic (exact) mass is 182 g/mol. The Morgan fingerprint density at radius 1 is 1.15 bits per heavy atom. The van der Waals surface area contributed by atoms with Crippen LogP contribution in [0.4, 0.5) is 0 Å². The summed E-state index contributed by atoms with van der Waals surface area (Å²) in [6.45, 7) is 0. The van der Waals surface area contributed by atoms with Gasteiger partial charge in [-0.2, -0.15) is 0 Å². The first-order valence-corrected chi connectivity index (χ1v) is 5.36. The minimum atomic E-state index is -0.277. The molecule has 2 nitrogen and oxygen atoms in total. The van der Waals surface area contributed by atoms with Crippen LogP contribution in [0.1, 0.15) is 38.5 Å². The number of aliphatic hydroxyl groups excluding tert-OH is 1. The van der Waals surface area contributed by atoms with Crippen LogP contribution in [0.3, 0.4) is 0 Å². The lowest BCUT2D eigenvalue weighted by atomic mass is 9.83. The Morgan fingerprint density at radius 2 is 1.92 bits per heavy atom. The first-order chi connectivity index (χ1) is 6.36. The molecule has 0 unspecified atom stereocenters. The molecule has 2 atom stereocenters. The summed E-state index contributed by atoms with van der Waals surface area (Å²) in [5.74, 6) is 0.688. The van der Waals surface area contributed by atoms with E-state index < -0.39 is 0 Å². The number of hydrogen-bond acceptors (Lipinski definition) is 2. The maximum Gasteiger partial charge on any atom is 0.103 e. The van der Waals surface area contributed by atoms with Gasteiger partial charge in [0.1, 0.15) is 6.10 Å². The molecule has 0 spiro atoms. The molecule has 1 aliphatic carbocycles. The van der Waals surface area contributed by atoms with Crippen molar-refractivity contribution < 1.29 is 9.84 Å². The lowest BCUT2D eigenvalue weighted by Crippen LogP contribution is -2.30. The van der Waals surface area contributed by atoms with Crippen LogP contribution in [0.15, 0.2) is 12.3 Å². The second kappa shape index (κ2) is 4.14. The van der Waals surface area contributed by atoms with Crippen LogP contribution >= 0.6 is 0 Å². The smallest absolute Gasteiger partial charge is 0.103 e. The van der Waals surface area contributed by atoms with Gasteiger partial charge in [-0.05, 0) is 24.8 Å². The lowest BCUT2D eigenvalue weighted by molar-refractivity contribution is 0.0139. The van der Waals surface area contributed by atoms with Crippen LogP contribution in [0.5, 0.6) is 0 Å². The van der Waals surface area contributed by atoms with E-state index >= 15 is 0 Å². The predicted octanol–water partition coefficient (Wildman–Crippen LogP) is 2.23. The highest BCUT2D eigenvalue weighted by Crippen LogP contribution is 2.31. The van der Waals surface area contributed by atoms with E-state index in [9.17, 15) is 5.11 Å². The van der Waals surface area contributed by atoms with Crippen molar-refractivity contribution in [3.63, 3.8) is 0 Å². The standard InChI is InChI=1S/C11H18O2/c12-10-6-7-13-11(8-10)9-4-2-1-3-5-9/h6-7,9-12H,1-5,8H2/t10-,11-/m0/s1. The zero-order valence-electron chi connectivity index (χ0n) is 7.98. The van der Waals surface area contributed by atoms with Crippen molar-refractivity contribution in [1.29, 1.82) is 0 Å². The molecule has 0 radical (unpaired) electrons. The molecule has 0 aromatic carbocycles. The third kappa shape index (κ3) is 2.25. The summed E-state index contributed by atoms with van der Waals surface area (Å²) < 4.78 is 5.55. The molecule has 1 heterocycles. The van der Waals surface area contributed by atoms with Crippen molar-refractivity contribution in [1.82, 2.24) is 0 Å². The molecule has 74 valence electrons. The Hall–Kier alpha value is -0.500. The van der Waals surface area contributed by atoms with Crippen LogP contribution in [-0.2, 0) is 4.74 Å². The molecule has 1 N–H and O–H groups in total. The molecular formula is C11H18O2. The molecule has 2 heteroatoms. The summed E-state index contributed by atoms with van der Waals surface area (Å²) in [6, 6.07) is 0. The minimum absolute atomic E-state index is 0.277. The maximum atomic E-state index is 9.44. The van der Waals surface area contributed by atoms with Gasteiger partial charge in [0, 0.05) is 6.42 Å². The molecule has 0 bridgehead atoms. The molecular weight excluding hydrogens is 164 g/mol. The molecule has 1 aliphatic heterocycles. The first kappa shape index (κ1) is 9.07. The van der Waals surface area contributed by atoms with E-state index in [0.29, 0.717) is 5.92 Å². The van der Waals surface area contributed by atoms with Gasteiger partial charge in [-0.25, -0.2) is 0 Å². The molecule has 0 aromatic heterocycles. The van der Waals surface area contributed by atoms with E-state index in [1.165, 1.54) is 32.1 Å². The van der Waals surface area contributed by atoms with Gasteiger partial charge in [0.05, 0.1) is 12.4 Å². The number of ether oxygens (including phenoxy) is 1. The quantitative estimate of drug-likeness (QED) is 0.674. The Morgan fingerprint density at radius 3 is 2.62 bits per heavy atom. The van der Waals surface area contributed by atoms with Crippen LogP contribution in [0.2, 0.25) is 0 Å². The molecule has 2 aliphatic rings. The average molecular weight is 182 g/mol. The molecule has 0 amide bonds. The van der Waals surface area contributed by atoms with Gasteiger partial charge in [-0.3, -0.25) is 0 Å². The normalized spacial score (nSPS) is 35.8. The Balaban J connectivity index is 1.88. The third-order valence-corrected chi connectivity index (χ3v) is 3.20. The highest BCUT2D eigenvalue weighted by Gasteiger charge is 2.27. The van der Waals surface area contributed by atoms with Gasteiger partial charge in [-0.15, -0.1) is 0 Å². The fourth-order valence-electron chi connectivity index (χ4n) is 2.42. The average Bonchev–Trinajstić information content (AvgIpc) is 2.19. The molecule has 0 saturated heterocycles. The second-order valence-electron chi connectivity index (χ2n) is 4.20. The summed E-state index contributed by atoms with van der Waals surface area (Å²) in [7, 11) is 0. The van der Waals surface area contributed by atoms with Crippen molar-refractivity contribution in [2.24, 2.45) is 5.92 Å². The predicted molar refractivity (Wildman–Crippen MR) is 51.2 cm³/mol. The van der Waals surface area contributed by atoms with Gasteiger partial charge >= 0.3 is 0 Å². The number of rotatable bonds is 1. The molecule has 1 fully saturated rings. The van der Waals surface area contributed by atoms with Gasteiger partial charge in [0.15, 0.2) is 0 Å². The highest BCUT2D eigenvalue weighted by atomic mass is 16.5. The Bertz CT molecular complexity index is 183. The van der Waals surface area contributed by atoms with E-state index in [2.05, 4.69) is 0 Å². The van der Waals surface area contributed by atoms with Crippen LogP contribution < -0.4 is 0 Å². The first-order valence-electron chi connectivity index (χ1n) is 5.36. The number of hydrogen-bond donors (Lipinski definition) is 1. The summed E-state index contributed by atoms with van der Waals surface area (Å²) in [4.78, 5) is 0. The summed E-state index contributed by atoms with van der Waals surface area (Å²) >= 11 is 0. The summed E-state index contributed by atoms with van der Waals surface area (Å²) in [5, 5.41) is 9.44. The Labute approximate surface area is 79.6 Å². The topological polar surface area (TPSA) is 29.5 Å². The van der Waals surface area contributed by atoms with Gasteiger partial charge in [-0.1, -0.05) is 19.3 Å². The molecule has 0 aromatic rings. The van der Waals surface area contributed by atoms with E-state index in [1.54, 1.807) is 12.3 Å². The lowest BCUT2D eigenvalue weighted by Gasteiger charge is -2.32. The van der Waals surface area contributed by atoms with Gasteiger partial charge in [0.2, 0.25) is 0 Å². The van der Waals surface area contributed by atoms with Crippen LogP contribution in [0.25, 0.3) is 0 Å². The largest absolute Gasteiger partial charge is 0.498 e. The molecule has 2 rings (SSSR count). The second-order valence-corrected chi connectivity index (χ2v) is 4.20. The van der Waals surface area contributed by atoms with Crippen molar-refractivity contribution in [3.8, 4) is 0 Å². The van der Waals surface area contributed by atoms with Crippen molar-refractivity contribution >= 4 is 0 Å². The van der Waals surface area contributed by atoms with Crippen molar-refractivity contribution in [3.05, 3.63) is 12.3 Å². The van der Waals surface area contributed by atoms with Crippen LogP contribution in [0, 0.1) is 5.92 Å². The van der Waals surface area contributed by atoms with E-state index in [1.807, 2.05) is 0 Å². The third-order valence-electron chi connectivity index (χ3n) is 3.20. The maximum absolute atomic E-state index is 9.44. The fraction of sp³-hybridized carbons (Fsp3) is 0.818. The molecule has 1 saturated carbocycles.